The molecule has 0 saturated carbocycles. The minimum absolute atomic E-state index is 0.178. The molecule has 0 atom stereocenters. The molecule has 0 unspecified atom stereocenters. The average molecular weight is 237 g/mol. The molecule has 0 radical (unpaired) electrons. The molecule has 2 rings (SSSR count). The molecular weight excluding hydrogens is 222 g/mol. The van der Waals surface area contributed by atoms with Crippen LogP contribution >= 0.6 is 0 Å². The minimum atomic E-state index is -0.987. The molecule has 1 aromatic heterocycles. The van der Waals surface area contributed by atoms with Crippen LogP contribution in [0.1, 0.15) is 24.2 Å². The van der Waals surface area contributed by atoms with Crippen molar-refractivity contribution in [3.8, 4) is 0 Å². The molecule has 17 heavy (non-hydrogen) atoms. The molecule has 1 N–H and O–H groups in total. The van der Waals surface area contributed by atoms with Gasteiger partial charge in [-0.2, -0.15) is 5.10 Å². The van der Waals surface area contributed by atoms with E-state index in [9.17, 15) is 4.79 Å². The highest BCUT2D eigenvalue weighted by molar-refractivity contribution is 5.93. The number of carbonyl (C=O) groups is 1. The van der Waals surface area contributed by atoms with Gasteiger partial charge < -0.3 is 14.7 Å². The van der Waals surface area contributed by atoms with E-state index in [0.717, 1.165) is 0 Å². The number of anilines is 1. The van der Waals surface area contributed by atoms with Crippen molar-refractivity contribution in [1.29, 1.82) is 0 Å². The Morgan fingerprint density at radius 2 is 2.35 bits per heavy atom. The molecule has 6 nitrogen and oxygen atoms in total. The van der Waals surface area contributed by atoms with Crippen molar-refractivity contribution in [1.82, 2.24) is 10.2 Å². The van der Waals surface area contributed by atoms with Crippen LogP contribution in [0.15, 0.2) is 12.3 Å². The lowest BCUT2D eigenvalue weighted by Gasteiger charge is -2.38. The molecule has 6 heteroatoms. The van der Waals surface area contributed by atoms with E-state index in [1.165, 1.54) is 12.3 Å². The Kier molecular flexibility index (Phi) is 2.97. The molecule has 2 heterocycles. The molecule has 0 bridgehead atoms. The van der Waals surface area contributed by atoms with E-state index in [-0.39, 0.29) is 11.2 Å². The van der Waals surface area contributed by atoms with E-state index < -0.39 is 5.97 Å². The minimum Gasteiger partial charge on any atom is -0.478 e. The van der Waals surface area contributed by atoms with Gasteiger partial charge in [0.25, 0.3) is 0 Å². The van der Waals surface area contributed by atoms with E-state index >= 15 is 0 Å². The zero-order chi connectivity index (χ0) is 12.5. The Balaban J connectivity index is 2.30. The van der Waals surface area contributed by atoms with Crippen molar-refractivity contribution in [2.75, 3.05) is 24.6 Å². The van der Waals surface area contributed by atoms with Crippen molar-refractivity contribution in [2.45, 2.75) is 19.4 Å². The summed E-state index contributed by atoms with van der Waals surface area (Å²) in [4.78, 5) is 13.0. The summed E-state index contributed by atoms with van der Waals surface area (Å²) in [5.41, 5.74) is -0.122. The number of aromatic carboxylic acids is 1. The lowest BCUT2D eigenvalue weighted by Crippen LogP contribution is -2.49. The first kappa shape index (κ1) is 11.8. The van der Waals surface area contributed by atoms with Crippen LogP contribution in [0.4, 0.5) is 5.82 Å². The number of hydrogen-bond acceptors (Lipinski definition) is 5. The van der Waals surface area contributed by atoms with Crippen LogP contribution in [-0.2, 0) is 4.74 Å². The van der Waals surface area contributed by atoms with Gasteiger partial charge in [0.05, 0.1) is 18.4 Å². The van der Waals surface area contributed by atoms with Gasteiger partial charge in [0.15, 0.2) is 5.82 Å². The van der Waals surface area contributed by atoms with Crippen LogP contribution in [0.5, 0.6) is 0 Å². The number of carboxylic acids is 1. The first-order chi connectivity index (χ1) is 7.99. The molecule has 1 aromatic rings. The quantitative estimate of drug-likeness (QED) is 0.819. The van der Waals surface area contributed by atoms with Crippen LogP contribution in [0.25, 0.3) is 0 Å². The zero-order valence-corrected chi connectivity index (χ0v) is 9.88. The summed E-state index contributed by atoms with van der Waals surface area (Å²) < 4.78 is 5.58. The number of nitrogens with zero attached hydrogens (tertiary/aromatic N) is 3. The molecule has 0 spiro atoms. The maximum atomic E-state index is 11.1. The van der Waals surface area contributed by atoms with E-state index in [1.54, 1.807) is 0 Å². The molecule has 0 aromatic carbocycles. The molecule has 1 aliphatic heterocycles. The summed E-state index contributed by atoms with van der Waals surface area (Å²) in [6, 6.07) is 1.47. The molecule has 1 aliphatic rings. The molecule has 0 aliphatic carbocycles. The van der Waals surface area contributed by atoms with E-state index in [2.05, 4.69) is 10.2 Å². The summed E-state index contributed by atoms with van der Waals surface area (Å²) in [6.45, 7) is 5.73. The standard InChI is InChI=1S/C11H15N3O3/c1-11(2)7-14(5-6-17-11)9-8(10(15)16)3-4-12-13-9/h3-4H,5-7H2,1-2H3,(H,15,16). The van der Waals surface area contributed by atoms with Crippen molar-refractivity contribution >= 4 is 11.8 Å². The lowest BCUT2D eigenvalue weighted by molar-refractivity contribution is -0.0280. The first-order valence-electron chi connectivity index (χ1n) is 5.43. The van der Waals surface area contributed by atoms with Gasteiger partial charge in [-0.05, 0) is 19.9 Å². The fraction of sp³-hybridized carbons (Fsp3) is 0.545. The highest BCUT2D eigenvalue weighted by atomic mass is 16.5. The van der Waals surface area contributed by atoms with Crippen molar-refractivity contribution < 1.29 is 14.6 Å². The molecule has 1 saturated heterocycles. The highest BCUT2D eigenvalue weighted by Gasteiger charge is 2.30. The topological polar surface area (TPSA) is 75.6 Å². The van der Waals surface area contributed by atoms with Gasteiger partial charge in [-0.1, -0.05) is 0 Å². The number of hydrogen-bond donors (Lipinski definition) is 1. The van der Waals surface area contributed by atoms with Gasteiger partial charge in [-0.15, -0.1) is 5.10 Å². The molecular formula is C11H15N3O3. The van der Waals surface area contributed by atoms with Crippen LogP contribution in [0, 0.1) is 0 Å². The van der Waals surface area contributed by atoms with Crippen LogP contribution < -0.4 is 4.90 Å². The zero-order valence-electron chi connectivity index (χ0n) is 9.88. The summed E-state index contributed by atoms with van der Waals surface area (Å²) in [6.07, 6.45) is 1.39. The Labute approximate surface area is 99.2 Å². The molecule has 0 amide bonds. The fourth-order valence-electron chi connectivity index (χ4n) is 1.92. The van der Waals surface area contributed by atoms with Crippen molar-refractivity contribution in [3.63, 3.8) is 0 Å². The van der Waals surface area contributed by atoms with Crippen LogP contribution in [-0.4, -0.2) is 46.6 Å². The van der Waals surface area contributed by atoms with Gasteiger partial charge in [-0.25, -0.2) is 4.79 Å². The fourth-order valence-corrected chi connectivity index (χ4v) is 1.92. The Bertz CT molecular complexity index is 434. The monoisotopic (exact) mass is 237 g/mol. The van der Waals surface area contributed by atoms with E-state index in [4.69, 9.17) is 9.84 Å². The largest absolute Gasteiger partial charge is 0.478 e. The van der Waals surface area contributed by atoms with Gasteiger partial charge in [0.2, 0.25) is 0 Å². The molecule has 1 fully saturated rings. The first-order valence-corrected chi connectivity index (χ1v) is 5.43. The summed E-state index contributed by atoms with van der Waals surface area (Å²) in [7, 11) is 0. The summed E-state index contributed by atoms with van der Waals surface area (Å²) in [5, 5.41) is 16.8. The smallest absolute Gasteiger partial charge is 0.339 e. The van der Waals surface area contributed by atoms with Gasteiger partial charge in [0, 0.05) is 13.1 Å². The second-order valence-electron chi connectivity index (χ2n) is 4.60. The van der Waals surface area contributed by atoms with E-state index in [0.29, 0.717) is 25.5 Å². The number of rotatable bonds is 2. The predicted molar refractivity (Wildman–Crippen MR) is 61.2 cm³/mol. The number of ether oxygens (including phenoxy) is 1. The number of carboxylic acid groups (broad SMARTS) is 1. The van der Waals surface area contributed by atoms with Gasteiger partial charge in [0.1, 0.15) is 5.56 Å². The summed E-state index contributed by atoms with van der Waals surface area (Å²) in [5.74, 6) is -0.574. The van der Waals surface area contributed by atoms with Crippen molar-refractivity contribution in [3.05, 3.63) is 17.8 Å². The van der Waals surface area contributed by atoms with E-state index in [1.807, 2.05) is 18.7 Å². The van der Waals surface area contributed by atoms with Crippen molar-refractivity contribution in [2.24, 2.45) is 0 Å². The Morgan fingerprint density at radius 1 is 1.59 bits per heavy atom. The van der Waals surface area contributed by atoms with Crippen LogP contribution in [0.2, 0.25) is 0 Å². The lowest BCUT2D eigenvalue weighted by atomic mass is 10.1. The maximum absolute atomic E-state index is 11.1. The highest BCUT2D eigenvalue weighted by Crippen LogP contribution is 2.23. The Morgan fingerprint density at radius 3 is 3.00 bits per heavy atom. The second-order valence-corrected chi connectivity index (χ2v) is 4.60. The maximum Gasteiger partial charge on any atom is 0.339 e. The third-order valence-electron chi connectivity index (χ3n) is 2.66. The van der Waals surface area contributed by atoms with Crippen LogP contribution in [0.3, 0.4) is 0 Å². The third kappa shape index (κ3) is 2.52. The Hall–Kier alpha value is -1.69. The third-order valence-corrected chi connectivity index (χ3v) is 2.66. The molecule has 92 valence electrons. The number of aromatic nitrogens is 2. The average Bonchev–Trinajstić information content (AvgIpc) is 2.27. The second kappa shape index (κ2) is 4.29. The van der Waals surface area contributed by atoms with Gasteiger partial charge in [-0.3, -0.25) is 0 Å². The normalized spacial score (nSPS) is 19.1. The van der Waals surface area contributed by atoms with Gasteiger partial charge >= 0.3 is 5.97 Å². The summed E-state index contributed by atoms with van der Waals surface area (Å²) >= 11 is 0. The predicted octanol–water partition coefficient (Wildman–Crippen LogP) is 0.790. The SMILES string of the molecule is CC1(C)CN(c2nnccc2C(=O)O)CCO1. The number of morpholine rings is 1.